The monoisotopic (exact) mass is 384 g/mol. The third kappa shape index (κ3) is 3.32. The summed E-state index contributed by atoms with van der Waals surface area (Å²) in [6.07, 6.45) is 4.91. The van der Waals surface area contributed by atoms with Gasteiger partial charge in [-0.1, -0.05) is 5.16 Å². The van der Waals surface area contributed by atoms with Crippen LogP contribution >= 0.6 is 0 Å². The fraction of sp³-hybridized carbons (Fsp3) is 0.526. The maximum absolute atomic E-state index is 12.9. The molecule has 1 atom stereocenters. The van der Waals surface area contributed by atoms with Gasteiger partial charge in [0.05, 0.1) is 24.5 Å². The molecule has 2 aliphatic rings. The molecule has 148 valence electrons. The summed E-state index contributed by atoms with van der Waals surface area (Å²) in [6, 6.07) is 1.35. The SMILES string of the molecule is CNc1nc([C@@H]2CCCCN2C(=O)c2ccno2)nc2c1CCN(C(C)=O)C2. The van der Waals surface area contributed by atoms with Crippen molar-refractivity contribution in [2.45, 2.75) is 45.2 Å². The van der Waals surface area contributed by atoms with Crippen molar-refractivity contribution in [1.82, 2.24) is 24.9 Å². The summed E-state index contributed by atoms with van der Waals surface area (Å²) in [6.45, 7) is 3.33. The molecule has 1 saturated heterocycles. The fourth-order valence-electron chi connectivity index (χ4n) is 3.98. The Morgan fingerprint density at radius 2 is 2.11 bits per heavy atom. The van der Waals surface area contributed by atoms with Gasteiger partial charge in [0.1, 0.15) is 5.82 Å². The molecule has 0 saturated carbocycles. The number of likely N-dealkylation sites (tertiary alicyclic amines) is 1. The van der Waals surface area contributed by atoms with Crippen LogP contribution < -0.4 is 5.32 Å². The van der Waals surface area contributed by atoms with Crippen LogP contribution in [0.3, 0.4) is 0 Å². The second kappa shape index (κ2) is 7.57. The Morgan fingerprint density at radius 3 is 2.82 bits per heavy atom. The van der Waals surface area contributed by atoms with E-state index in [1.54, 1.807) is 22.8 Å². The largest absolute Gasteiger partial charge is 0.373 e. The number of hydrogen-bond donors (Lipinski definition) is 1. The first-order chi connectivity index (χ1) is 13.6. The second-order valence-corrected chi connectivity index (χ2v) is 7.18. The summed E-state index contributed by atoms with van der Waals surface area (Å²) in [4.78, 5) is 37.8. The Kier molecular flexibility index (Phi) is 4.97. The Hall–Kier alpha value is -2.97. The van der Waals surface area contributed by atoms with Crippen LogP contribution in [-0.4, -0.2) is 56.9 Å². The Bertz CT molecular complexity index is 882. The number of hydrogen-bond acceptors (Lipinski definition) is 7. The molecule has 9 nitrogen and oxygen atoms in total. The lowest BCUT2D eigenvalue weighted by Crippen LogP contribution is -2.40. The van der Waals surface area contributed by atoms with Crippen LogP contribution in [0.1, 0.15) is 59.9 Å². The molecule has 2 amide bonds. The van der Waals surface area contributed by atoms with Gasteiger partial charge in [-0.25, -0.2) is 9.97 Å². The van der Waals surface area contributed by atoms with E-state index in [4.69, 9.17) is 14.5 Å². The third-order valence-electron chi connectivity index (χ3n) is 5.47. The van der Waals surface area contributed by atoms with E-state index in [1.165, 1.54) is 6.20 Å². The Morgan fingerprint density at radius 1 is 1.25 bits per heavy atom. The van der Waals surface area contributed by atoms with Crippen LogP contribution in [-0.2, 0) is 17.8 Å². The maximum Gasteiger partial charge on any atom is 0.293 e. The molecule has 4 rings (SSSR count). The van der Waals surface area contributed by atoms with Crippen molar-refractivity contribution in [2.24, 2.45) is 0 Å². The third-order valence-corrected chi connectivity index (χ3v) is 5.47. The van der Waals surface area contributed by atoms with Crippen molar-refractivity contribution in [3.63, 3.8) is 0 Å². The van der Waals surface area contributed by atoms with Gasteiger partial charge in [-0.05, 0) is 25.7 Å². The van der Waals surface area contributed by atoms with Crippen LogP contribution in [0.5, 0.6) is 0 Å². The summed E-state index contributed by atoms with van der Waals surface area (Å²) in [5.41, 5.74) is 1.90. The molecule has 0 unspecified atom stereocenters. The van der Waals surface area contributed by atoms with Crippen LogP contribution in [0.15, 0.2) is 16.8 Å². The number of nitrogens with zero attached hydrogens (tertiary/aromatic N) is 5. The van der Waals surface area contributed by atoms with Gasteiger partial charge in [0, 0.05) is 38.7 Å². The highest BCUT2D eigenvalue weighted by atomic mass is 16.5. The molecule has 1 N–H and O–H groups in total. The molecule has 2 aliphatic heterocycles. The van der Waals surface area contributed by atoms with Gasteiger partial charge in [0.25, 0.3) is 5.91 Å². The Labute approximate surface area is 163 Å². The van der Waals surface area contributed by atoms with E-state index < -0.39 is 0 Å². The zero-order valence-electron chi connectivity index (χ0n) is 16.1. The van der Waals surface area contributed by atoms with E-state index in [2.05, 4.69) is 10.5 Å². The van der Waals surface area contributed by atoms with E-state index in [-0.39, 0.29) is 23.6 Å². The molecule has 0 aliphatic carbocycles. The molecule has 9 heteroatoms. The summed E-state index contributed by atoms with van der Waals surface area (Å²) >= 11 is 0. The second-order valence-electron chi connectivity index (χ2n) is 7.18. The average Bonchev–Trinajstić information content (AvgIpc) is 3.26. The first kappa shape index (κ1) is 18.4. The molecule has 0 radical (unpaired) electrons. The quantitative estimate of drug-likeness (QED) is 0.860. The number of anilines is 1. The highest BCUT2D eigenvalue weighted by molar-refractivity contribution is 5.91. The van der Waals surface area contributed by atoms with Crippen LogP contribution in [0, 0.1) is 0 Å². The van der Waals surface area contributed by atoms with Gasteiger partial charge in [-0.3, -0.25) is 9.59 Å². The number of aromatic nitrogens is 3. The molecular weight excluding hydrogens is 360 g/mol. The number of rotatable bonds is 3. The number of piperidine rings is 1. The predicted molar refractivity (Wildman–Crippen MR) is 101 cm³/mol. The molecule has 0 spiro atoms. The van der Waals surface area contributed by atoms with E-state index in [1.807, 2.05) is 7.05 Å². The minimum atomic E-state index is -0.226. The lowest BCUT2D eigenvalue weighted by molar-refractivity contribution is -0.129. The van der Waals surface area contributed by atoms with Crippen LogP contribution in [0.25, 0.3) is 0 Å². The minimum absolute atomic E-state index is 0.0385. The molecule has 0 bridgehead atoms. The number of carbonyl (C=O) groups is 2. The van der Waals surface area contributed by atoms with Gasteiger partial charge < -0.3 is 19.6 Å². The lowest BCUT2D eigenvalue weighted by Gasteiger charge is -2.35. The van der Waals surface area contributed by atoms with E-state index >= 15 is 0 Å². The van der Waals surface area contributed by atoms with Crippen molar-refractivity contribution in [3.05, 3.63) is 35.1 Å². The van der Waals surface area contributed by atoms with E-state index in [0.717, 1.165) is 42.8 Å². The average molecular weight is 384 g/mol. The van der Waals surface area contributed by atoms with E-state index in [9.17, 15) is 9.59 Å². The fourth-order valence-corrected chi connectivity index (χ4v) is 3.98. The first-order valence-corrected chi connectivity index (χ1v) is 9.63. The van der Waals surface area contributed by atoms with Crippen LogP contribution in [0.4, 0.5) is 5.82 Å². The Balaban J connectivity index is 1.69. The van der Waals surface area contributed by atoms with E-state index in [0.29, 0.717) is 25.5 Å². The molecular formula is C19H24N6O3. The molecule has 4 heterocycles. The van der Waals surface area contributed by atoms with Crippen molar-refractivity contribution in [2.75, 3.05) is 25.5 Å². The molecule has 1 fully saturated rings. The zero-order chi connectivity index (χ0) is 19.7. The zero-order valence-corrected chi connectivity index (χ0v) is 16.1. The van der Waals surface area contributed by atoms with Gasteiger partial charge >= 0.3 is 0 Å². The van der Waals surface area contributed by atoms with Crippen molar-refractivity contribution < 1.29 is 14.1 Å². The number of carbonyl (C=O) groups excluding carboxylic acids is 2. The first-order valence-electron chi connectivity index (χ1n) is 9.63. The standard InChI is InChI=1S/C19H24N6O3/c1-12(26)24-10-7-13-14(11-24)22-18(23-17(13)20-2)15-5-3-4-9-25(15)19(27)16-6-8-21-28-16/h6,8,15H,3-5,7,9-11H2,1-2H3,(H,20,22,23)/t15-/m0/s1. The maximum atomic E-state index is 12.9. The van der Waals surface area contributed by atoms with Gasteiger partial charge in [0.2, 0.25) is 11.7 Å². The van der Waals surface area contributed by atoms with Crippen molar-refractivity contribution >= 4 is 17.6 Å². The summed E-state index contributed by atoms with van der Waals surface area (Å²) in [7, 11) is 1.84. The highest BCUT2D eigenvalue weighted by Crippen LogP contribution is 2.33. The van der Waals surface area contributed by atoms with Gasteiger partial charge in [-0.2, -0.15) is 0 Å². The molecule has 2 aromatic rings. The normalized spacial score (nSPS) is 19.3. The van der Waals surface area contributed by atoms with Crippen molar-refractivity contribution in [3.8, 4) is 0 Å². The number of fused-ring (bicyclic) bond motifs is 1. The highest BCUT2D eigenvalue weighted by Gasteiger charge is 2.34. The lowest BCUT2D eigenvalue weighted by atomic mass is 9.99. The minimum Gasteiger partial charge on any atom is -0.373 e. The summed E-state index contributed by atoms with van der Waals surface area (Å²) < 4.78 is 5.07. The smallest absolute Gasteiger partial charge is 0.293 e. The van der Waals surface area contributed by atoms with Crippen molar-refractivity contribution in [1.29, 1.82) is 0 Å². The van der Waals surface area contributed by atoms with Crippen LogP contribution in [0.2, 0.25) is 0 Å². The molecule has 2 aromatic heterocycles. The summed E-state index contributed by atoms with van der Waals surface area (Å²) in [5, 5.41) is 6.81. The van der Waals surface area contributed by atoms with Gasteiger partial charge in [0.15, 0.2) is 5.82 Å². The topological polar surface area (TPSA) is 104 Å². The van der Waals surface area contributed by atoms with Gasteiger partial charge in [-0.15, -0.1) is 0 Å². The number of nitrogens with one attached hydrogen (secondary N) is 1. The molecule has 0 aromatic carbocycles. The number of amides is 2. The predicted octanol–water partition coefficient (Wildman–Crippen LogP) is 1.78. The summed E-state index contributed by atoms with van der Waals surface area (Å²) in [5.74, 6) is 1.46. The molecule has 28 heavy (non-hydrogen) atoms.